The van der Waals surface area contributed by atoms with Gasteiger partial charge in [-0.05, 0) is 41.0 Å². The van der Waals surface area contributed by atoms with Gasteiger partial charge in [-0.3, -0.25) is 8.91 Å². The zero-order chi connectivity index (χ0) is 33.1. The molecule has 0 amide bonds. The van der Waals surface area contributed by atoms with Crippen molar-refractivity contribution < 1.29 is 39.3 Å². The summed E-state index contributed by atoms with van der Waals surface area (Å²) < 4.78 is 98.9. The molecule has 4 aromatic rings. The Kier molecular flexibility index (Phi) is 10.3. The fraction of sp³-hybridized carbons (Fsp3) is 0.462. The maximum absolute atomic E-state index is 15.4. The SMILES string of the molecule is CCOC(C)n1cc(-c2ncn3nc(Nc4c(NS(=O)(=O)CCCOS(C)(=O)=O)cc(F)c(C)c4F)nc3c2OC(C)C)cn1. The Morgan fingerprint density at radius 1 is 1.13 bits per heavy atom. The second kappa shape index (κ2) is 13.6. The molecule has 0 spiro atoms. The number of rotatable bonds is 15. The molecule has 0 aliphatic rings. The highest BCUT2D eigenvalue weighted by atomic mass is 32.2. The molecule has 0 radical (unpaired) electrons. The Morgan fingerprint density at radius 3 is 2.53 bits per heavy atom. The van der Waals surface area contributed by atoms with Gasteiger partial charge in [0.15, 0.2) is 11.6 Å². The molecule has 0 saturated carbocycles. The summed E-state index contributed by atoms with van der Waals surface area (Å²) in [6, 6.07) is 0.814. The third-order valence-electron chi connectivity index (χ3n) is 6.16. The number of fused-ring (bicyclic) bond motifs is 1. The van der Waals surface area contributed by atoms with Crippen molar-refractivity contribution >= 4 is 43.1 Å². The Labute approximate surface area is 259 Å². The van der Waals surface area contributed by atoms with Gasteiger partial charge < -0.3 is 14.8 Å². The summed E-state index contributed by atoms with van der Waals surface area (Å²) in [5.41, 5.74) is -0.0533. The van der Waals surface area contributed by atoms with Crippen LogP contribution in [0.3, 0.4) is 0 Å². The van der Waals surface area contributed by atoms with E-state index in [9.17, 15) is 21.2 Å². The minimum atomic E-state index is -4.19. The largest absolute Gasteiger partial charge is 0.485 e. The van der Waals surface area contributed by atoms with Crippen LogP contribution in [0.25, 0.3) is 16.9 Å². The van der Waals surface area contributed by atoms with E-state index < -0.39 is 55.5 Å². The minimum absolute atomic E-state index is 0.171. The predicted molar refractivity (Wildman–Crippen MR) is 161 cm³/mol. The van der Waals surface area contributed by atoms with Crippen molar-refractivity contribution in [2.75, 3.05) is 35.3 Å². The topological polar surface area (TPSA) is 181 Å². The van der Waals surface area contributed by atoms with Gasteiger partial charge in [0.2, 0.25) is 21.6 Å². The summed E-state index contributed by atoms with van der Waals surface area (Å²) in [6.07, 6.45) is 4.71. The van der Waals surface area contributed by atoms with Gasteiger partial charge in [0.25, 0.3) is 10.1 Å². The third kappa shape index (κ3) is 8.41. The number of nitrogens with one attached hydrogen (secondary N) is 2. The number of hydrogen-bond donors (Lipinski definition) is 2. The normalized spacial score (nSPS) is 13.0. The average Bonchev–Trinajstić information content (AvgIpc) is 3.59. The summed E-state index contributed by atoms with van der Waals surface area (Å²) in [5.74, 6) is -2.59. The van der Waals surface area contributed by atoms with Crippen molar-refractivity contribution in [3.63, 3.8) is 0 Å². The van der Waals surface area contributed by atoms with Gasteiger partial charge in [-0.2, -0.15) is 23.0 Å². The number of benzene rings is 1. The first-order valence-electron chi connectivity index (χ1n) is 13.8. The van der Waals surface area contributed by atoms with Crippen LogP contribution in [0.15, 0.2) is 24.8 Å². The highest BCUT2D eigenvalue weighted by molar-refractivity contribution is 7.92. The minimum Gasteiger partial charge on any atom is -0.485 e. The van der Waals surface area contributed by atoms with E-state index in [4.69, 9.17) is 9.47 Å². The summed E-state index contributed by atoms with van der Waals surface area (Å²) in [5, 5.41) is 11.3. The molecule has 15 nitrogen and oxygen atoms in total. The first-order chi connectivity index (χ1) is 21.1. The molecule has 246 valence electrons. The van der Waals surface area contributed by atoms with Crippen LogP contribution in [-0.2, 0) is 29.1 Å². The number of hydrogen-bond acceptors (Lipinski definition) is 12. The van der Waals surface area contributed by atoms with Crippen LogP contribution in [0.1, 0.15) is 45.9 Å². The van der Waals surface area contributed by atoms with Crippen molar-refractivity contribution in [3.05, 3.63) is 42.0 Å². The van der Waals surface area contributed by atoms with Crippen LogP contribution >= 0.6 is 0 Å². The zero-order valence-corrected chi connectivity index (χ0v) is 27.0. The monoisotopic (exact) mass is 672 g/mol. The molecule has 4 rings (SSSR count). The van der Waals surface area contributed by atoms with Gasteiger partial charge in [0.1, 0.15) is 29.8 Å². The zero-order valence-electron chi connectivity index (χ0n) is 25.4. The van der Waals surface area contributed by atoms with E-state index in [0.717, 1.165) is 12.3 Å². The molecule has 45 heavy (non-hydrogen) atoms. The van der Waals surface area contributed by atoms with Crippen molar-refractivity contribution in [3.8, 4) is 17.0 Å². The Morgan fingerprint density at radius 2 is 1.87 bits per heavy atom. The van der Waals surface area contributed by atoms with Gasteiger partial charge in [-0.25, -0.2) is 26.9 Å². The number of nitrogens with zero attached hydrogens (tertiary/aromatic N) is 6. The molecule has 0 aliphatic carbocycles. The highest BCUT2D eigenvalue weighted by Crippen LogP contribution is 2.35. The predicted octanol–water partition coefficient (Wildman–Crippen LogP) is 3.77. The fourth-order valence-corrected chi connectivity index (χ4v) is 5.64. The van der Waals surface area contributed by atoms with Gasteiger partial charge in [0, 0.05) is 30.0 Å². The summed E-state index contributed by atoms with van der Waals surface area (Å²) >= 11 is 0. The number of sulfonamides is 1. The smallest absolute Gasteiger partial charge is 0.264 e. The lowest BCUT2D eigenvalue weighted by atomic mass is 10.1. The average molecular weight is 673 g/mol. The standard InChI is InChI=1S/C26H34F2N8O7S2/c1-7-41-17(5)35-13-18(12-30-35)22-24(43-15(2)3)25-32-26(33-36(25)14-29-22)31-23-20(11-19(27)16(4)21(23)28)34-45(39,40)10-8-9-42-44(6,37)38/h11-15,17,34H,7-10H2,1-6H3,(H,31,33). The van der Waals surface area contributed by atoms with Gasteiger partial charge in [-0.1, -0.05) is 0 Å². The molecule has 0 saturated heterocycles. The van der Waals surface area contributed by atoms with Gasteiger partial charge >= 0.3 is 0 Å². The lowest BCUT2D eigenvalue weighted by molar-refractivity contribution is 0.0160. The van der Waals surface area contributed by atoms with Crippen LogP contribution in [0.4, 0.5) is 26.1 Å². The molecule has 3 aromatic heterocycles. The van der Waals surface area contributed by atoms with Crippen molar-refractivity contribution in [2.45, 2.75) is 53.4 Å². The van der Waals surface area contributed by atoms with Crippen LogP contribution in [0.2, 0.25) is 0 Å². The van der Waals surface area contributed by atoms with Crippen LogP contribution in [0, 0.1) is 18.6 Å². The second-order valence-corrected chi connectivity index (χ2v) is 13.7. The van der Waals surface area contributed by atoms with Crippen LogP contribution in [0.5, 0.6) is 5.75 Å². The lowest BCUT2D eigenvalue weighted by Gasteiger charge is -2.15. The number of anilines is 3. The third-order valence-corrected chi connectivity index (χ3v) is 8.11. The van der Waals surface area contributed by atoms with Crippen molar-refractivity contribution in [1.29, 1.82) is 0 Å². The molecular formula is C26H34F2N8O7S2. The van der Waals surface area contributed by atoms with Gasteiger partial charge in [0.05, 0.1) is 36.6 Å². The second-order valence-electron chi connectivity index (χ2n) is 10.2. The Balaban J connectivity index is 1.69. The van der Waals surface area contributed by atoms with E-state index in [0.29, 0.717) is 17.9 Å². The molecule has 1 aromatic carbocycles. The molecule has 3 heterocycles. The number of aromatic nitrogens is 6. The van der Waals surface area contributed by atoms with Gasteiger partial charge in [-0.15, -0.1) is 5.10 Å². The first kappa shape index (κ1) is 33.9. The lowest BCUT2D eigenvalue weighted by Crippen LogP contribution is -2.20. The van der Waals surface area contributed by atoms with E-state index >= 15 is 4.39 Å². The molecule has 2 N–H and O–H groups in total. The maximum Gasteiger partial charge on any atom is 0.264 e. The van der Waals surface area contributed by atoms with Crippen molar-refractivity contribution in [2.24, 2.45) is 0 Å². The Bertz CT molecular complexity index is 1900. The Hall–Kier alpha value is -3.94. The molecule has 19 heteroatoms. The maximum atomic E-state index is 15.4. The van der Waals surface area contributed by atoms with E-state index in [2.05, 4.69) is 34.4 Å². The van der Waals surface area contributed by atoms with E-state index in [-0.39, 0.29) is 41.7 Å². The number of ether oxygens (including phenoxy) is 2. The molecule has 0 aliphatic heterocycles. The summed E-state index contributed by atoms with van der Waals surface area (Å²) in [6.45, 7) is 8.63. The first-order valence-corrected chi connectivity index (χ1v) is 17.2. The molecule has 0 fully saturated rings. The summed E-state index contributed by atoms with van der Waals surface area (Å²) in [4.78, 5) is 8.93. The van der Waals surface area contributed by atoms with Crippen LogP contribution in [-0.4, -0.2) is 77.5 Å². The van der Waals surface area contributed by atoms with E-state index in [1.54, 1.807) is 17.1 Å². The van der Waals surface area contributed by atoms with Crippen molar-refractivity contribution in [1.82, 2.24) is 29.4 Å². The fourth-order valence-electron chi connectivity index (χ4n) is 4.13. The van der Waals surface area contributed by atoms with Crippen LogP contribution < -0.4 is 14.8 Å². The molecular weight excluding hydrogens is 638 g/mol. The molecule has 1 atom stereocenters. The van der Waals surface area contributed by atoms with E-state index in [1.165, 1.54) is 17.8 Å². The quantitative estimate of drug-likeness (QED) is 0.138. The number of halogens is 2. The highest BCUT2D eigenvalue weighted by Gasteiger charge is 2.24. The molecule has 1 unspecified atom stereocenters. The van der Waals surface area contributed by atoms with E-state index in [1.807, 2.05) is 27.7 Å². The molecule has 0 bridgehead atoms. The summed E-state index contributed by atoms with van der Waals surface area (Å²) in [7, 11) is -7.96.